The lowest BCUT2D eigenvalue weighted by atomic mass is 10.2. The largest absolute Gasteiger partial charge is 0.398 e. The van der Waals surface area contributed by atoms with Crippen LogP contribution in [0.15, 0.2) is 17.0 Å². The molecule has 0 aliphatic heterocycles. The van der Waals surface area contributed by atoms with Gasteiger partial charge < -0.3 is 5.73 Å². The zero-order valence-corrected chi connectivity index (χ0v) is 12.5. The third-order valence-corrected chi connectivity index (χ3v) is 5.16. The van der Waals surface area contributed by atoms with E-state index in [1.54, 1.807) is 20.0 Å². The molecule has 0 bridgehead atoms. The number of anilines is 1. The summed E-state index contributed by atoms with van der Waals surface area (Å²) in [6, 6.07) is 3.01. The van der Waals surface area contributed by atoms with Crippen LogP contribution in [0.4, 0.5) is 5.69 Å². The van der Waals surface area contributed by atoms with E-state index < -0.39 is 10.0 Å². The van der Waals surface area contributed by atoms with Gasteiger partial charge in [-0.1, -0.05) is 24.9 Å². The van der Waals surface area contributed by atoms with Crippen molar-refractivity contribution in [2.75, 3.05) is 19.3 Å². The zero-order chi connectivity index (χ0) is 13.9. The minimum atomic E-state index is -3.56. The van der Waals surface area contributed by atoms with Crippen LogP contribution in [-0.2, 0) is 10.0 Å². The average molecular weight is 291 g/mol. The smallest absolute Gasteiger partial charge is 0.244 e. The number of hydrogen-bond donors (Lipinski definition) is 1. The Morgan fingerprint density at radius 3 is 2.56 bits per heavy atom. The molecule has 1 aromatic rings. The van der Waals surface area contributed by atoms with Crippen molar-refractivity contribution in [1.82, 2.24) is 4.31 Å². The van der Waals surface area contributed by atoms with Gasteiger partial charge in [0.1, 0.15) is 4.90 Å². The average Bonchev–Trinajstić information content (AvgIpc) is 2.30. The molecule has 0 aliphatic carbocycles. The van der Waals surface area contributed by atoms with E-state index in [0.717, 1.165) is 18.4 Å². The fourth-order valence-corrected chi connectivity index (χ4v) is 3.33. The molecule has 102 valence electrons. The predicted molar refractivity (Wildman–Crippen MR) is 75.3 cm³/mol. The first-order chi connectivity index (χ1) is 8.30. The van der Waals surface area contributed by atoms with Crippen molar-refractivity contribution in [2.24, 2.45) is 0 Å². The van der Waals surface area contributed by atoms with Crippen LogP contribution in [0.2, 0.25) is 5.02 Å². The maximum Gasteiger partial charge on any atom is 0.244 e. The molecule has 0 aromatic heterocycles. The molecule has 0 amide bonds. The third kappa shape index (κ3) is 3.16. The number of nitrogen functional groups attached to an aromatic ring is 1. The number of unbranched alkanes of at least 4 members (excludes halogenated alkanes) is 1. The van der Waals surface area contributed by atoms with Crippen LogP contribution in [0, 0.1) is 6.92 Å². The SMILES string of the molecule is CCCCN(C)S(=O)(=O)c1cc(N)c(C)cc1Cl. The standard InChI is InChI=1S/C12H19ClN2O2S/c1-4-5-6-15(3)18(16,17)12-8-11(14)9(2)7-10(12)13/h7-8H,4-6,14H2,1-3H3. The molecule has 2 N–H and O–H groups in total. The van der Waals surface area contributed by atoms with Crippen molar-refractivity contribution in [3.8, 4) is 0 Å². The van der Waals surface area contributed by atoms with Crippen molar-refractivity contribution >= 4 is 27.3 Å². The number of hydrogen-bond acceptors (Lipinski definition) is 3. The Labute approximate surface area is 114 Å². The minimum Gasteiger partial charge on any atom is -0.398 e. The van der Waals surface area contributed by atoms with E-state index in [4.69, 9.17) is 17.3 Å². The molecule has 18 heavy (non-hydrogen) atoms. The van der Waals surface area contributed by atoms with Gasteiger partial charge >= 0.3 is 0 Å². The van der Waals surface area contributed by atoms with Crippen molar-refractivity contribution in [3.63, 3.8) is 0 Å². The van der Waals surface area contributed by atoms with Crippen LogP contribution in [-0.4, -0.2) is 26.3 Å². The quantitative estimate of drug-likeness (QED) is 0.848. The number of nitrogens with two attached hydrogens (primary N) is 1. The fourth-order valence-electron chi connectivity index (χ4n) is 1.54. The van der Waals surface area contributed by atoms with E-state index in [9.17, 15) is 8.42 Å². The number of nitrogens with zero attached hydrogens (tertiary/aromatic N) is 1. The number of rotatable bonds is 5. The lowest BCUT2D eigenvalue weighted by Gasteiger charge is -2.18. The molecule has 1 rings (SSSR count). The highest BCUT2D eigenvalue weighted by atomic mass is 35.5. The molecule has 0 saturated carbocycles. The van der Waals surface area contributed by atoms with Gasteiger partial charge in [-0.15, -0.1) is 0 Å². The molecule has 0 aliphatic rings. The minimum absolute atomic E-state index is 0.0749. The van der Waals surface area contributed by atoms with Gasteiger partial charge in [-0.3, -0.25) is 0 Å². The topological polar surface area (TPSA) is 63.4 Å². The third-order valence-electron chi connectivity index (χ3n) is 2.84. The highest BCUT2D eigenvalue weighted by Gasteiger charge is 2.23. The van der Waals surface area contributed by atoms with Crippen LogP contribution >= 0.6 is 11.6 Å². The zero-order valence-electron chi connectivity index (χ0n) is 10.9. The van der Waals surface area contributed by atoms with Gasteiger partial charge in [0.2, 0.25) is 10.0 Å². The highest BCUT2D eigenvalue weighted by Crippen LogP contribution is 2.28. The number of sulfonamides is 1. The molecule has 0 heterocycles. The van der Waals surface area contributed by atoms with Crippen molar-refractivity contribution in [3.05, 3.63) is 22.7 Å². The van der Waals surface area contributed by atoms with Crippen LogP contribution in [0.3, 0.4) is 0 Å². The van der Waals surface area contributed by atoms with Crippen LogP contribution in [0.5, 0.6) is 0 Å². The summed E-state index contributed by atoms with van der Waals surface area (Å²) < 4.78 is 25.9. The van der Waals surface area contributed by atoms with Gasteiger partial charge in [-0.2, -0.15) is 0 Å². The van der Waals surface area contributed by atoms with Crippen molar-refractivity contribution in [2.45, 2.75) is 31.6 Å². The molecule has 0 spiro atoms. The Kier molecular flexibility index (Phi) is 5.01. The molecule has 0 radical (unpaired) electrons. The number of benzene rings is 1. The first-order valence-electron chi connectivity index (χ1n) is 5.82. The van der Waals surface area contributed by atoms with E-state index in [0.29, 0.717) is 12.2 Å². The Bertz CT molecular complexity index is 529. The van der Waals surface area contributed by atoms with Crippen molar-refractivity contribution in [1.29, 1.82) is 0 Å². The van der Waals surface area contributed by atoms with Gasteiger partial charge in [-0.05, 0) is 31.0 Å². The molecule has 6 heteroatoms. The summed E-state index contributed by atoms with van der Waals surface area (Å²) >= 11 is 6.00. The Morgan fingerprint density at radius 2 is 2.00 bits per heavy atom. The Balaban J connectivity index is 3.16. The van der Waals surface area contributed by atoms with Crippen LogP contribution in [0.25, 0.3) is 0 Å². The monoisotopic (exact) mass is 290 g/mol. The number of halogens is 1. The summed E-state index contributed by atoms with van der Waals surface area (Å²) in [5.41, 5.74) is 6.95. The molecule has 0 unspecified atom stereocenters. The van der Waals surface area contributed by atoms with Gasteiger partial charge in [0, 0.05) is 19.3 Å². The van der Waals surface area contributed by atoms with Crippen LogP contribution < -0.4 is 5.73 Å². The highest BCUT2D eigenvalue weighted by molar-refractivity contribution is 7.89. The molecule has 0 saturated heterocycles. The summed E-state index contributed by atoms with van der Waals surface area (Å²) in [6.07, 6.45) is 1.75. The van der Waals surface area contributed by atoms with Crippen molar-refractivity contribution < 1.29 is 8.42 Å². The van der Waals surface area contributed by atoms with E-state index in [1.165, 1.54) is 10.4 Å². The normalized spacial score (nSPS) is 12.1. The van der Waals surface area contributed by atoms with Gasteiger partial charge in [0.25, 0.3) is 0 Å². The lowest BCUT2D eigenvalue weighted by Crippen LogP contribution is -2.28. The molecule has 0 fully saturated rings. The summed E-state index contributed by atoms with van der Waals surface area (Å²) in [7, 11) is -2.01. The summed E-state index contributed by atoms with van der Waals surface area (Å²) in [5, 5.41) is 0.213. The summed E-state index contributed by atoms with van der Waals surface area (Å²) in [4.78, 5) is 0.0749. The summed E-state index contributed by atoms with van der Waals surface area (Å²) in [5.74, 6) is 0. The second-order valence-electron chi connectivity index (χ2n) is 4.32. The molecule has 1 aromatic carbocycles. The van der Waals surface area contributed by atoms with E-state index in [-0.39, 0.29) is 9.92 Å². The predicted octanol–water partition coefficient (Wildman–Crippen LogP) is 2.65. The molecule has 0 atom stereocenters. The molecular weight excluding hydrogens is 272 g/mol. The van der Waals surface area contributed by atoms with Gasteiger partial charge in [0.05, 0.1) is 5.02 Å². The van der Waals surface area contributed by atoms with E-state index in [2.05, 4.69) is 0 Å². The second-order valence-corrected chi connectivity index (χ2v) is 6.74. The number of aryl methyl sites for hydroxylation is 1. The van der Waals surface area contributed by atoms with E-state index in [1.807, 2.05) is 6.92 Å². The molecule has 4 nitrogen and oxygen atoms in total. The second kappa shape index (κ2) is 5.91. The Hall–Kier alpha value is -0.780. The lowest BCUT2D eigenvalue weighted by molar-refractivity contribution is 0.459. The summed E-state index contributed by atoms with van der Waals surface area (Å²) in [6.45, 7) is 4.28. The fraction of sp³-hybridized carbons (Fsp3) is 0.500. The first-order valence-corrected chi connectivity index (χ1v) is 7.64. The van der Waals surface area contributed by atoms with Gasteiger partial charge in [-0.25, -0.2) is 12.7 Å². The molecular formula is C12H19ClN2O2S. The van der Waals surface area contributed by atoms with Gasteiger partial charge in [0.15, 0.2) is 0 Å². The first kappa shape index (κ1) is 15.3. The Morgan fingerprint density at radius 1 is 1.39 bits per heavy atom. The maximum atomic E-state index is 12.3. The maximum absolute atomic E-state index is 12.3. The van der Waals surface area contributed by atoms with Crippen LogP contribution in [0.1, 0.15) is 25.3 Å². The van der Waals surface area contributed by atoms with E-state index >= 15 is 0 Å².